The van der Waals surface area contributed by atoms with Crippen molar-refractivity contribution in [3.8, 4) is 0 Å². The van der Waals surface area contributed by atoms with Crippen LogP contribution in [0.2, 0.25) is 0 Å². The van der Waals surface area contributed by atoms with E-state index < -0.39 is 0 Å². The van der Waals surface area contributed by atoms with Gasteiger partial charge in [-0.25, -0.2) is 9.97 Å². The van der Waals surface area contributed by atoms with E-state index in [1.807, 2.05) is 6.07 Å². The molecule has 0 radical (unpaired) electrons. The second kappa shape index (κ2) is 6.00. The summed E-state index contributed by atoms with van der Waals surface area (Å²) in [4.78, 5) is 11.5. The molecule has 0 aliphatic carbocycles. The van der Waals surface area contributed by atoms with Crippen LogP contribution in [0.5, 0.6) is 0 Å². The molecule has 1 aromatic rings. The topological polar surface area (TPSA) is 29.0 Å². The largest absolute Gasteiger partial charge is 0.356 e. The summed E-state index contributed by atoms with van der Waals surface area (Å²) >= 11 is 3.50. The Morgan fingerprint density at radius 2 is 2.11 bits per heavy atom. The van der Waals surface area contributed by atoms with Crippen LogP contribution in [0.3, 0.4) is 0 Å². The lowest BCUT2D eigenvalue weighted by Crippen LogP contribution is -2.39. The van der Waals surface area contributed by atoms with E-state index in [1.54, 1.807) is 0 Å². The summed E-state index contributed by atoms with van der Waals surface area (Å²) in [6.07, 6.45) is 3.29. The smallest absolute Gasteiger partial charge is 0.133 e. The highest BCUT2D eigenvalue weighted by Crippen LogP contribution is 2.27. The number of anilines is 1. The van der Waals surface area contributed by atoms with Crippen LogP contribution >= 0.6 is 15.9 Å². The van der Waals surface area contributed by atoms with Crippen LogP contribution in [0, 0.1) is 11.8 Å². The van der Waals surface area contributed by atoms with E-state index in [0.717, 1.165) is 54.0 Å². The number of nitrogens with zero attached hydrogens (tertiary/aromatic N) is 3. The van der Waals surface area contributed by atoms with Crippen molar-refractivity contribution in [3.63, 3.8) is 0 Å². The fourth-order valence-electron chi connectivity index (χ4n) is 2.42. The molecular formula is C14H22BrN3. The third kappa shape index (κ3) is 3.22. The second-order valence-electron chi connectivity index (χ2n) is 5.40. The van der Waals surface area contributed by atoms with Gasteiger partial charge in [0, 0.05) is 25.6 Å². The Bertz CT molecular complexity index is 408. The monoisotopic (exact) mass is 311 g/mol. The van der Waals surface area contributed by atoms with Crippen molar-refractivity contribution in [2.24, 2.45) is 11.8 Å². The van der Waals surface area contributed by atoms with Gasteiger partial charge in [0.25, 0.3) is 0 Å². The lowest BCUT2D eigenvalue weighted by Gasteiger charge is -2.36. The molecule has 1 aromatic heterocycles. The molecule has 2 heterocycles. The molecule has 0 amide bonds. The summed E-state index contributed by atoms with van der Waals surface area (Å²) in [5.74, 6) is 3.59. The van der Waals surface area contributed by atoms with Gasteiger partial charge >= 0.3 is 0 Å². The maximum atomic E-state index is 4.69. The number of piperidine rings is 1. The summed E-state index contributed by atoms with van der Waals surface area (Å²) in [7, 11) is 0. The molecule has 1 saturated heterocycles. The van der Waals surface area contributed by atoms with Crippen molar-refractivity contribution in [1.82, 2.24) is 9.97 Å². The van der Waals surface area contributed by atoms with Crippen molar-refractivity contribution in [2.75, 3.05) is 18.0 Å². The third-order valence-corrected chi connectivity index (χ3v) is 4.27. The van der Waals surface area contributed by atoms with Gasteiger partial charge in [0.05, 0.1) is 0 Å². The van der Waals surface area contributed by atoms with Gasteiger partial charge in [0.1, 0.15) is 16.2 Å². The number of halogens is 1. The maximum Gasteiger partial charge on any atom is 0.133 e. The Labute approximate surface area is 118 Å². The van der Waals surface area contributed by atoms with Gasteiger partial charge in [-0.2, -0.15) is 0 Å². The Kier molecular flexibility index (Phi) is 4.60. The first-order valence-electron chi connectivity index (χ1n) is 6.88. The van der Waals surface area contributed by atoms with Crippen LogP contribution in [0.25, 0.3) is 0 Å². The summed E-state index contributed by atoms with van der Waals surface area (Å²) < 4.78 is 0.905. The molecule has 1 aliphatic heterocycles. The lowest BCUT2D eigenvalue weighted by atomic mass is 9.89. The standard InChI is InChI=1S/C14H22BrN3/c1-4-5-13-16-12(15)8-14(17-13)18-7-6-10(2)11(3)9-18/h8,10-11H,4-7,9H2,1-3H3. The number of rotatable bonds is 3. The molecule has 0 spiro atoms. The van der Waals surface area contributed by atoms with Crippen LogP contribution in [0.4, 0.5) is 5.82 Å². The Balaban J connectivity index is 2.17. The zero-order valence-electron chi connectivity index (χ0n) is 11.5. The fraction of sp³-hybridized carbons (Fsp3) is 0.714. The Hall–Kier alpha value is -0.640. The van der Waals surface area contributed by atoms with Gasteiger partial charge in [-0.3, -0.25) is 0 Å². The van der Waals surface area contributed by atoms with Gasteiger partial charge in [0.2, 0.25) is 0 Å². The summed E-state index contributed by atoms with van der Waals surface area (Å²) in [6.45, 7) is 9.06. The van der Waals surface area contributed by atoms with Crippen LogP contribution in [0.1, 0.15) is 39.4 Å². The predicted molar refractivity (Wildman–Crippen MR) is 78.9 cm³/mol. The van der Waals surface area contributed by atoms with E-state index in [0.29, 0.717) is 0 Å². The van der Waals surface area contributed by atoms with Crippen LogP contribution in [0.15, 0.2) is 10.7 Å². The molecule has 0 N–H and O–H groups in total. The molecule has 2 unspecified atom stereocenters. The first kappa shape index (κ1) is 13.8. The van der Waals surface area contributed by atoms with Gasteiger partial charge < -0.3 is 4.90 Å². The van der Waals surface area contributed by atoms with Crippen molar-refractivity contribution < 1.29 is 0 Å². The predicted octanol–water partition coefficient (Wildman–Crippen LogP) is 3.67. The molecule has 100 valence electrons. The molecule has 0 saturated carbocycles. The van der Waals surface area contributed by atoms with Gasteiger partial charge in [-0.15, -0.1) is 0 Å². The zero-order valence-corrected chi connectivity index (χ0v) is 13.1. The Morgan fingerprint density at radius 1 is 1.33 bits per heavy atom. The molecule has 18 heavy (non-hydrogen) atoms. The van der Waals surface area contributed by atoms with E-state index in [9.17, 15) is 0 Å². The minimum atomic E-state index is 0.738. The highest BCUT2D eigenvalue weighted by atomic mass is 79.9. The number of aromatic nitrogens is 2. The van der Waals surface area contributed by atoms with Gasteiger partial charge in [-0.05, 0) is 40.6 Å². The van der Waals surface area contributed by atoms with Crippen molar-refractivity contribution >= 4 is 21.7 Å². The molecule has 1 aliphatic rings. The van der Waals surface area contributed by atoms with E-state index >= 15 is 0 Å². The molecular weight excluding hydrogens is 290 g/mol. The number of aryl methyl sites for hydroxylation is 1. The first-order chi connectivity index (χ1) is 8.60. The number of hydrogen-bond donors (Lipinski definition) is 0. The van der Waals surface area contributed by atoms with Crippen LogP contribution in [-0.4, -0.2) is 23.1 Å². The summed E-state index contributed by atoms with van der Waals surface area (Å²) in [6, 6.07) is 2.04. The third-order valence-electron chi connectivity index (χ3n) is 3.86. The maximum absolute atomic E-state index is 4.69. The first-order valence-corrected chi connectivity index (χ1v) is 7.68. The average Bonchev–Trinajstić information content (AvgIpc) is 2.32. The summed E-state index contributed by atoms with van der Waals surface area (Å²) in [5, 5.41) is 0. The van der Waals surface area contributed by atoms with Crippen molar-refractivity contribution in [2.45, 2.75) is 40.0 Å². The highest BCUT2D eigenvalue weighted by molar-refractivity contribution is 9.10. The molecule has 1 fully saturated rings. The molecule has 0 aromatic carbocycles. The van der Waals surface area contributed by atoms with Gasteiger partial charge in [-0.1, -0.05) is 20.8 Å². The fourth-order valence-corrected chi connectivity index (χ4v) is 2.83. The SMILES string of the molecule is CCCc1nc(Br)cc(N2CCC(C)C(C)C2)n1. The molecule has 2 atom stereocenters. The van der Waals surface area contributed by atoms with Crippen molar-refractivity contribution in [1.29, 1.82) is 0 Å². The van der Waals surface area contributed by atoms with E-state index in [1.165, 1.54) is 6.42 Å². The van der Waals surface area contributed by atoms with E-state index in [4.69, 9.17) is 4.98 Å². The minimum absolute atomic E-state index is 0.738. The second-order valence-corrected chi connectivity index (χ2v) is 6.22. The quantitative estimate of drug-likeness (QED) is 0.797. The number of hydrogen-bond acceptors (Lipinski definition) is 3. The van der Waals surface area contributed by atoms with Crippen molar-refractivity contribution in [3.05, 3.63) is 16.5 Å². The average molecular weight is 312 g/mol. The molecule has 0 bridgehead atoms. The molecule has 3 nitrogen and oxygen atoms in total. The van der Waals surface area contributed by atoms with E-state index in [2.05, 4.69) is 46.6 Å². The van der Waals surface area contributed by atoms with Crippen LogP contribution in [-0.2, 0) is 6.42 Å². The lowest BCUT2D eigenvalue weighted by molar-refractivity contribution is 0.322. The highest BCUT2D eigenvalue weighted by Gasteiger charge is 2.23. The van der Waals surface area contributed by atoms with Gasteiger partial charge in [0.15, 0.2) is 0 Å². The normalized spacial score (nSPS) is 24.3. The molecule has 4 heteroatoms. The Morgan fingerprint density at radius 3 is 2.78 bits per heavy atom. The zero-order chi connectivity index (χ0) is 13.1. The van der Waals surface area contributed by atoms with Crippen LogP contribution < -0.4 is 4.90 Å². The van der Waals surface area contributed by atoms with E-state index in [-0.39, 0.29) is 0 Å². The summed E-state index contributed by atoms with van der Waals surface area (Å²) in [5.41, 5.74) is 0. The minimum Gasteiger partial charge on any atom is -0.356 e. The molecule has 2 rings (SSSR count).